The van der Waals surface area contributed by atoms with E-state index >= 15 is 0 Å². The summed E-state index contributed by atoms with van der Waals surface area (Å²) < 4.78 is 5.22. The van der Waals surface area contributed by atoms with Crippen LogP contribution < -0.4 is 11.1 Å². The lowest BCUT2D eigenvalue weighted by atomic mass is 10.1. The number of anilines is 1. The summed E-state index contributed by atoms with van der Waals surface area (Å²) in [5.74, 6) is 0.274. The lowest BCUT2D eigenvalue weighted by molar-refractivity contribution is 0.143. The first-order valence-electron chi connectivity index (χ1n) is 9.81. The molecule has 1 aromatic carbocycles. The molecule has 0 atom stereocenters. The molecule has 0 saturated carbocycles. The Morgan fingerprint density at radius 1 is 1.30 bits per heavy atom. The van der Waals surface area contributed by atoms with Gasteiger partial charge in [-0.2, -0.15) is 4.98 Å². The summed E-state index contributed by atoms with van der Waals surface area (Å²) in [6.45, 7) is 2.61. The number of amides is 1. The number of halogens is 1. The molecule has 0 bridgehead atoms. The molecule has 4 N–H and O–H groups in total. The fourth-order valence-electron chi connectivity index (χ4n) is 2.99. The van der Waals surface area contributed by atoms with Crippen molar-refractivity contribution < 1.29 is 9.53 Å². The molecular weight excluding hydrogens is 404 g/mol. The first-order valence-corrected chi connectivity index (χ1v) is 10.2. The molecule has 0 aliphatic heterocycles. The van der Waals surface area contributed by atoms with Gasteiger partial charge in [0.15, 0.2) is 5.82 Å². The van der Waals surface area contributed by atoms with Crippen LogP contribution in [-0.2, 0) is 11.3 Å². The molecule has 30 heavy (non-hydrogen) atoms. The van der Waals surface area contributed by atoms with Gasteiger partial charge in [0.25, 0.3) is 0 Å². The van der Waals surface area contributed by atoms with Crippen molar-refractivity contribution in [2.75, 3.05) is 12.3 Å². The number of alkyl carbamates (subject to hydrolysis) is 1. The van der Waals surface area contributed by atoms with Gasteiger partial charge in [0.1, 0.15) is 5.69 Å². The predicted molar refractivity (Wildman–Crippen MR) is 119 cm³/mol. The Balaban J connectivity index is 1.27. The topological polar surface area (TPSA) is 118 Å². The van der Waals surface area contributed by atoms with Gasteiger partial charge in [0.05, 0.1) is 12.3 Å². The highest BCUT2D eigenvalue weighted by Crippen LogP contribution is 2.24. The van der Waals surface area contributed by atoms with Crippen LogP contribution in [0.25, 0.3) is 10.9 Å². The molecule has 3 rings (SSSR count). The number of aromatic nitrogens is 3. The molecular formula is C21H25ClN6O2. The normalized spacial score (nSPS) is 11.3. The zero-order chi connectivity index (χ0) is 21.3. The Morgan fingerprint density at radius 3 is 3.00 bits per heavy atom. The van der Waals surface area contributed by atoms with Crippen LogP contribution in [0.3, 0.4) is 0 Å². The van der Waals surface area contributed by atoms with E-state index in [0.717, 1.165) is 42.1 Å². The first kappa shape index (κ1) is 21.6. The summed E-state index contributed by atoms with van der Waals surface area (Å²) >= 11 is 5.75. The highest BCUT2D eigenvalue weighted by molar-refractivity contribution is 6.28. The average Bonchev–Trinajstić information content (AvgIpc) is 3.17. The number of nitrogens with zero attached hydrogens (tertiary/aromatic N) is 3. The standard InChI is InChI=1S/C21H25ClN6O2/c1-14-18(19(23)28-20(22)27-14)25-9-4-2-3-5-11-30-21(29)26-13-15-6-7-17-16(12-15)8-10-24-17/h6-10,12,24H,2-5,11,13H2,1H3,(H,26,29)(H2,23,27,28). The van der Waals surface area contributed by atoms with E-state index in [1.54, 1.807) is 13.1 Å². The molecule has 2 heterocycles. The summed E-state index contributed by atoms with van der Waals surface area (Å²) in [6, 6.07) is 8.02. The Bertz CT molecular complexity index is 1010. The Hall–Kier alpha value is -3.13. The van der Waals surface area contributed by atoms with Crippen molar-refractivity contribution >= 4 is 46.3 Å². The summed E-state index contributed by atoms with van der Waals surface area (Å²) in [5, 5.41) is 4.01. The number of carbonyl (C=O) groups is 1. The summed E-state index contributed by atoms with van der Waals surface area (Å²) in [4.78, 5) is 27.2. The minimum Gasteiger partial charge on any atom is -0.450 e. The third-order valence-electron chi connectivity index (χ3n) is 4.54. The van der Waals surface area contributed by atoms with Gasteiger partial charge in [-0.05, 0) is 73.4 Å². The van der Waals surface area contributed by atoms with Crippen LogP contribution >= 0.6 is 11.6 Å². The summed E-state index contributed by atoms with van der Waals surface area (Å²) in [6.07, 6.45) is 6.72. The Labute approximate surface area is 179 Å². The maximum Gasteiger partial charge on any atom is 0.407 e. The number of aromatic amines is 1. The zero-order valence-corrected chi connectivity index (χ0v) is 17.6. The highest BCUT2D eigenvalue weighted by atomic mass is 35.5. The molecule has 8 nitrogen and oxygen atoms in total. The monoisotopic (exact) mass is 428 g/mol. The van der Waals surface area contributed by atoms with Crippen molar-refractivity contribution in [1.29, 1.82) is 0 Å². The summed E-state index contributed by atoms with van der Waals surface area (Å²) in [5.41, 5.74) is 9.11. The van der Waals surface area contributed by atoms with Crippen LogP contribution in [0.1, 0.15) is 36.9 Å². The number of aliphatic imine (C=N–C) groups is 1. The molecule has 0 aliphatic rings. The number of fused-ring (bicyclic) bond motifs is 1. The molecule has 0 aliphatic carbocycles. The van der Waals surface area contributed by atoms with E-state index in [9.17, 15) is 4.79 Å². The number of nitrogens with one attached hydrogen (secondary N) is 2. The average molecular weight is 429 g/mol. The highest BCUT2D eigenvalue weighted by Gasteiger charge is 2.06. The molecule has 158 valence electrons. The first-order chi connectivity index (χ1) is 14.5. The van der Waals surface area contributed by atoms with E-state index < -0.39 is 6.09 Å². The predicted octanol–water partition coefficient (Wildman–Crippen LogP) is 4.69. The Morgan fingerprint density at radius 2 is 2.17 bits per heavy atom. The number of unbranched alkanes of at least 4 members (excludes halogenated alkanes) is 3. The van der Waals surface area contributed by atoms with Crippen molar-refractivity contribution in [2.45, 2.75) is 39.2 Å². The molecule has 0 fully saturated rings. The second-order valence-corrected chi connectivity index (χ2v) is 7.20. The fraction of sp³-hybridized carbons (Fsp3) is 0.333. The molecule has 3 aromatic rings. The van der Waals surface area contributed by atoms with Gasteiger partial charge in [-0.15, -0.1) is 0 Å². The second kappa shape index (κ2) is 10.6. The van der Waals surface area contributed by atoms with Crippen LogP contribution in [0.4, 0.5) is 16.3 Å². The lowest BCUT2D eigenvalue weighted by Crippen LogP contribution is -2.24. The fourth-order valence-corrected chi connectivity index (χ4v) is 3.20. The van der Waals surface area contributed by atoms with Gasteiger partial charge < -0.3 is 20.8 Å². The number of benzene rings is 1. The summed E-state index contributed by atoms with van der Waals surface area (Å²) in [7, 11) is 0. The number of aryl methyl sites for hydroxylation is 1. The number of hydrogen-bond acceptors (Lipinski definition) is 6. The smallest absolute Gasteiger partial charge is 0.407 e. The number of H-pyrrole nitrogens is 1. The molecule has 0 unspecified atom stereocenters. The van der Waals surface area contributed by atoms with Crippen molar-refractivity contribution in [1.82, 2.24) is 20.3 Å². The third kappa shape index (κ3) is 6.18. The lowest BCUT2D eigenvalue weighted by Gasteiger charge is -2.07. The molecule has 1 amide bonds. The van der Waals surface area contributed by atoms with Gasteiger partial charge in [0, 0.05) is 24.5 Å². The van der Waals surface area contributed by atoms with Crippen LogP contribution in [0.15, 0.2) is 35.5 Å². The molecule has 2 aromatic heterocycles. The van der Waals surface area contributed by atoms with Gasteiger partial charge >= 0.3 is 6.09 Å². The molecule has 0 saturated heterocycles. The number of hydrogen-bond donors (Lipinski definition) is 3. The van der Waals surface area contributed by atoms with Gasteiger partial charge in [-0.25, -0.2) is 9.78 Å². The number of nitrogen functional groups attached to an aromatic ring is 1. The maximum atomic E-state index is 11.8. The van der Waals surface area contributed by atoms with Crippen LogP contribution in [0.5, 0.6) is 0 Å². The van der Waals surface area contributed by atoms with Crippen LogP contribution in [-0.4, -0.2) is 33.9 Å². The van der Waals surface area contributed by atoms with Gasteiger partial charge in [0.2, 0.25) is 5.28 Å². The van der Waals surface area contributed by atoms with E-state index in [-0.39, 0.29) is 11.1 Å². The maximum absolute atomic E-state index is 11.8. The van der Waals surface area contributed by atoms with Gasteiger partial charge in [-0.1, -0.05) is 6.07 Å². The van der Waals surface area contributed by atoms with Crippen molar-refractivity contribution in [3.8, 4) is 0 Å². The van der Waals surface area contributed by atoms with Gasteiger partial charge in [-0.3, -0.25) is 4.99 Å². The SMILES string of the molecule is Cc1nc(Cl)nc(N)c1N=CCCCCCOC(=O)NCc1ccc2[nH]ccc2c1. The zero-order valence-electron chi connectivity index (χ0n) is 16.8. The minimum absolute atomic E-state index is 0.120. The van der Waals surface area contributed by atoms with Crippen molar-refractivity contribution in [2.24, 2.45) is 4.99 Å². The second-order valence-electron chi connectivity index (χ2n) is 6.86. The largest absolute Gasteiger partial charge is 0.450 e. The van der Waals surface area contributed by atoms with E-state index in [0.29, 0.717) is 24.5 Å². The third-order valence-corrected chi connectivity index (χ3v) is 4.71. The van der Waals surface area contributed by atoms with Crippen LogP contribution in [0.2, 0.25) is 5.28 Å². The quantitative estimate of drug-likeness (QED) is 0.259. The molecule has 0 spiro atoms. The van der Waals surface area contributed by atoms with Crippen molar-refractivity contribution in [3.63, 3.8) is 0 Å². The Kier molecular flexibility index (Phi) is 7.62. The van der Waals surface area contributed by atoms with E-state index in [1.165, 1.54) is 0 Å². The van der Waals surface area contributed by atoms with E-state index in [4.69, 9.17) is 22.1 Å². The van der Waals surface area contributed by atoms with Crippen LogP contribution in [0, 0.1) is 6.92 Å². The minimum atomic E-state index is -0.403. The number of ether oxygens (including phenoxy) is 1. The molecule has 9 heteroatoms. The van der Waals surface area contributed by atoms with E-state index in [1.807, 2.05) is 30.5 Å². The number of nitrogens with two attached hydrogens (primary N) is 1. The number of rotatable bonds is 9. The van der Waals surface area contributed by atoms with E-state index in [2.05, 4.69) is 25.3 Å². The number of carbonyl (C=O) groups excluding carboxylic acids is 1. The molecule has 0 radical (unpaired) electrons. The van der Waals surface area contributed by atoms with Crippen molar-refractivity contribution in [3.05, 3.63) is 47.0 Å².